The number of nitrogens with one attached hydrogen (secondary N) is 3. The molecule has 2 fully saturated rings. The Kier molecular flexibility index (Phi) is 8.22. The number of nitrogens with zero attached hydrogens (tertiary/aromatic N) is 3. The van der Waals surface area contributed by atoms with Crippen molar-refractivity contribution in [2.45, 2.75) is 63.3 Å². The lowest BCUT2D eigenvalue weighted by molar-refractivity contribution is -0.136. The molecule has 3 heterocycles. The van der Waals surface area contributed by atoms with Crippen molar-refractivity contribution in [1.29, 1.82) is 0 Å². The highest BCUT2D eigenvalue weighted by Gasteiger charge is 2.43. The van der Waals surface area contributed by atoms with Gasteiger partial charge in [0.25, 0.3) is 0 Å². The monoisotopic (exact) mass is 557 g/mol. The highest BCUT2D eigenvalue weighted by atomic mass is 35.5. The zero-order valence-corrected chi connectivity index (χ0v) is 22.0. The number of halogens is 5. The standard InChI is InChI=1S/C25H32ClF4N7O/c1-24(2)10-16(8-17-4-3-7-37(17)24)34-22-19(27)13-33-23(36-22)35-15-5-6-20(18(9-15)25(28,29)30)32-12-14(11-26)21(31)38/h5-6,9,13-14,16-17,32H,3-4,7-8,10-12H2,1-2H3,(H2,31,38)(H2,33,34,35,36)/t14?,16-,17+/m1/s1. The fraction of sp³-hybridized carbons (Fsp3) is 0.560. The molecule has 0 spiro atoms. The fourth-order valence-corrected chi connectivity index (χ4v) is 5.71. The van der Waals surface area contributed by atoms with Crippen molar-refractivity contribution in [3.05, 3.63) is 35.8 Å². The molecule has 1 aromatic heterocycles. The molecule has 5 N–H and O–H groups in total. The number of anilines is 4. The summed E-state index contributed by atoms with van der Waals surface area (Å²) in [7, 11) is 0. The SMILES string of the molecule is CC1(C)C[C@H](Nc2nc(Nc3ccc(NCC(CCl)C(N)=O)c(C(F)(F)F)c3)ncc2F)C[C@@H]2CCCN21. The van der Waals surface area contributed by atoms with Crippen LogP contribution in [0.2, 0.25) is 0 Å². The third kappa shape index (κ3) is 6.40. The molecule has 4 rings (SSSR count). The van der Waals surface area contributed by atoms with Crippen molar-refractivity contribution in [2.24, 2.45) is 11.7 Å². The van der Waals surface area contributed by atoms with Crippen LogP contribution >= 0.6 is 11.6 Å². The van der Waals surface area contributed by atoms with Crippen molar-refractivity contribution >= 4 is 40.6 Å². The van der Waals surface area contributed by atoms with Gasteiger partial charge in [-0.05, 0) is 64.3 Å². The molecule has 38 heavy (non-hydrogen) atoms. The van der Waals surface area contributed by atoms with Gasteiger partial charge in [-0.25, -0.2) is 9.37 Å². The number of primary amides is 1. The van der Waals surface area contributed by atoms with E-state index in [2.05, 4.69) is 44.7 Å². The van der Waals surface area contributed by atoms with Crippen molar-refractivity contribution in [2.75, 3.05) is 34.9 Å². The third-order valence-corrected chi connectivity index (χ3v) is 7.62. The van der Waals surface area contributed by atoms with Crippen LogP contribution in [0.15, 0.2) is 24.4 Å². The van der Waals surface area contributed by atoms with Gasteiger partial charge in [-0.15, -0.1) is 11.6 Å². The van der Waals surface area contributed by atoms with Gasteiger partial charge < -0.3 is 21.7 Å². The Morgan fingerprint density at radius 1 is 1.34 bits per heavy atom. The van der Waals surface area contributed by atoms with Crippen LogP contribution in [0.1, 0.15) is 45.1 Å². The van der Waals surface area contributed by atoms with E-state index in [4.69, 9.17) is 17.3 Å². The van der Waals surface area contributed by atoms with E-state index in [1.165, 1.54) is 12.1 Å². The third-order valence-electron chi connectivity index (χ3n) is 7.25. The predicted molar refractivity (Wildman–Crippen MR) is 139 cm³/mol. The van der Waals surface area contributed by atoms with Crippen molar-refractivity contribution in [3.63, 3.8) is 0 Å². The summed E-state index contributed by atoms with van der Waals surface area (Å²) in [6.45, 7) is 5.28. The Bertz CT molecular complexity index is 1160. The van der Waals surface area contributed by atoms with E-state index in [0.29, 0.717) is 6.04 Å². The number of amides is 1. The second kappa shape index (κ2) is 11.1. The van der Waals surface area contributed by atoms with Crippen LogP contribution in [0, 0.1) is 11.7 Å². The molecule has 13 heteroatoms. The summed E-state index contributed by atoms with van der Waals surface area (Å²) >= 11 is 5.68. The molecule has 2 aliphatic rings. The summed E-state index contributed by atoms with van der Waals surface area (Å²) in [4.78, 5) is 22.0. The number of piperidine rings is 1. The predicted octanol–water partition coefficient (Wildman–Crippen LogP) is 4.95. The van der Waals surface area contributed by atoms with Gasteiger partial charge in [0, 0.05) is 41.4 Å². The average Bonchev–Trinajstić information content (AvgIpc) is 3.31. The zero-order chi connectivity index (χ0) is 27.7. The summed E-state index contributed by atoms with van der Waals surface area (Å²) in [5, 5.41) is 8.54. The molecule has 1 unspecified atom stereocenters. The van der Waals surface area contributed by atoms with Gasteiger partial charge in [0.2, 0.25) is 11.9 Å². The number of fused-ring (bicyclic) bond motifs is 1. The van der Waals surface area contributed by atoms with E-state index >= 15 is 0 Å². The van der Waals surface area contributed by atoms with E-state index in [9.17, 15) is 22.4 Å². The molecule has 0 bridgehead atoms. The molecule has 1 aromatic carbocycles. The molecule has 0 saturated carbocycles. The number of carbonyl (C=O) groups excluding carboxylic acids is 1. The minimum Gasteiger partial charge on any atom is -0.384 e. The van der Waals surface area contributed by atoms with E-state index in [1.807, 2.05) is 0 Å². The Morgan fingerprint density at radius 2 is 2.11 bits per heavy atom. The number of aromatic nitrogens is 2. The molecule has 3 atom stereocenters. The average molecular weight is 558 g/mol. The molecule has 208 valence electrons. The maximum atomic E-state index is 14.6. The van der Waals surface area contributed by atoms with E-state index in [1.54, 1.807) is 0 Å². The molecular weight excluding hydrogens is 526 g/mol. The lowest BCUT2D eigenvalue weighted by atomic mass is 9.84. The van der Waals surface area contributed by atoms with Crippen LogP contribution in [0.25, 0.3) is 0 Å². The van der Waals surface area contributed by atoms with Crippen LogP contribution in [0.5, 0.6) is 0 Å². The first-order valence-electron chi connectivity index (χ1n) is 12.5. The minimum absolute atomic E-state index is 0.000931. The van der Waals surface area contributed by atoms with Crippen molar-refractivity contribution in [1.82, 2.24) is 14.9 Å². The topological polar surface area (TPSA) is 108 Å². The number of hydrogen-bond donors (Lipinski definition) is 4. The summed E-state index contributed by atoms with van der Waals surface area (Å²) in [6, 6.07) is 3.93. The van der Waals surface area contributed by atoms with Gasteiger partial charge in [-0.2, -0.15) is 18.2 Å². The van der Waals surface area contributed by atoms with Gasteiger partial charge in [0.1, 0.15) is 0 Å². The highest BCUT2D eigenvalue weighted by molar-refractivity contribution is 6.19. The van der Waals surface area contributed by atoms with Gasteiger partial charge in [-0.3, -0.25) is 9.69 Å². The summed E-state index contributed by atoms with van der Waals surface area (Å²) in [5.74, 6) is -2.35. The van der Waals surface area contributed by atoms with E-state index < -0.39 is 29.4 Å². The molecular formula is C25H32ClF4N7O. The molecule has 0 radical (unpaired) electrons. The lowest BCUT2D eigenvalue weighted by Crippen LogP contribution is -2.55. The molecule has 2 aliphatic heterocycles. The Balaban J connectivity index is 1.50. The molecule has 0 aliphatic carbocycles. The number of rotatable bonds is 9. The summed E-state index contributed by atoms with van der Waals surface area (Å²) in [6.07, 6.45) is 0.204. The largest absolute Gasteiger partial charge is 0.418 e. The van der Waals surface area contributed by atoms with Gasteiger partial charge in [0.05, 0.1) is 17.7 Å². The first kappa shape index (κ1) is 28.2. The normalized spacial score (nSPS) is 22.0. The smallest absolute Gasteiger partial charge is 0.384 e. The number of nitrogens with two attached hydrogens (primary N) is 1. The number of alkyl halides is 4. The van der Waals surface area contributed by atoms with Crippen LogP contribution in [0.3, 0.4) is 0 Å². The number of benzene rings is 1. The van der Waals surface area contributed by atoms with Crippen molar-refractivity contribution < 1.29 is 22.4 Å². The van der Waals surface area contributed by atoms with Crippen LogP contribution < -0.4 is 21.7 Å². The Labute approximate surface area is 223 Å². The van der Waals surface area contributed by atoms with Gasteiger partial charge in [-0.1, -0.05) is 0 Å². The van der Waals surface area contributed by atoms with Crippen LogP contribution in [-0.4, -0.2) is 57.4 Å². The summed E-state index contributed by atoms with van der Waals surface area (Å²) in [5.41, 5.74) is 4.04. The Morgan fingerprint density at radius 3 is 2.79 bits per heavy atom. The number of hydrogen-bond acceptors (Lipinski definition) is 7. The van der Waals surface area contributed by atoms with Gasteiger partial charge in [0.15, 0.2) is 11.6 Å². The molecule has 1 amide bonds. The second-order valence-electron chi connectivity index (χ2n) is 10.5. The molecule has 8 nitrogen and oxygen atoms in total. The van der Waals surface area contributed by atoms with Crippen molar-refractivity contribution in [3.8, 4) is 0 Å². The summed E-state index contributed by atoms with van der Waals surface area (Å²) < 4.78 is 56.0. The lowest BCUT2D eigenvalue weighted by Gasteiger charge is -2.47. The first-order chi connectivity index (χ1) is 17.9. The zero-order valence-electron chi connectivity index (χ0n) is 21.2. The van der Waals surface area contributed by atoms with E-state index in [-0.39, 0.29) is 47.1 Å². The maximum Gasteiger partial charge on any atom is 0.418 e. The minimum atomic E-state index is -4.69. The van der Waals surface area contributed by atoms with Crippen LogP contribution in [-0.2, 0) is 11.0 Å². The fourth-order valence-electron chi connectivity index (χ4n) is 5.45. The van der Waals surface area contributed by atoms with Crippen LogP contribution in [0.4, 0.5) is 40.7 Å². The maximum absolute atomic E-state index is 14.6. The van der Waals surface area contributed by atoms with Gasteiger partial charge >= 0.3 is 6.18 Å². The molecule has 2 aromatic rings. The Hall–Kier alpha value is -2.86. The van der Waals surface area contributed by atoms with E-state index in [0.717, 1.165) is 44.5 Å². The quantitative estimate of drug-likeness (QED) is 0.255. The number of carbonyl (C=O) groups is 1. The second-order valence-corrected chi connectivity index (χ2v) is 10.8. The first-order valence-corrected chi connectivity index (χ1v) is 13.0. The highest BCUT2D eigenvalue weighted by Crippen LogP contribution is 2.39. The molecule has 2 saturated heterocycles.